The van der Waals surface area contributed by atoms with Crippen molar-refractivity contribution in [2.45, 2.75) is 39.1 Å². The zero-order valence-electron chi connectivity index (χ0n) is 21.6. The Morgan fingerprint density at radius 3 is 2.44 bits per heavy atom. The van der Waals surface area contributed by atoms with Gasteiger partial charge in [-0.25, -0.2) is 19.2 Å². The smallest absolute Gasteiger partial charge is 0.489 e. The topological polar surface area (TPSA) is 113 Å². The molecule has 0 spiro atoms. The summed E-state index contributed by atoms with van der Waals surface area (Å²) in [7, 11) is 0. The van der Waals surface area contributed by atoms with Gasteiger partial charge in [0.1, 0.15) is 18.2 Å². The summed E-state index contributed by atoms with van der Waals surface area (Å²) < 4.78 is 52.3. The monoisotopic (exact) mass is 617 g/mol. The summed E-state index contributed by atoms with van der Waals surface area (Å²) in [5.74, 6) is -3.23. The van der Waals surface area contributed by atoms with E-state index in [1.807, 2.05) is 6.92 Å². The van der Waals surface area contributed by atoms with Crippen LogP contribution in [0, 0.1) is 11.7 Å². The van der Waals surface area contributed by atoms with E-state index in [-0.39, 0.29) is 18.9 Å². The minimum Gasteiger partial charge on any atom is -0.489 e. The Balaban J connectivity index is 0.000000587. The number of carbonyl (C=O) groups is 2. The molecule has 0 aliphatic carbocycles. The second-order valence-electron chi connectivity index (χ2n) is 9.34. The maximum absolute atomic E-state index is 14.9. The normalized spacial score (nSPS) is 13.9. The maximum Gasteiger partial charge on any atom is 0.490 e. The van der Waals surface area contributed by atoms with Crippen LogP contribution < -0.4 is 4.74 Å². The Morgan fingerprint density at radius 1 is 1.12 bits per heavy atom. The van der Waals surface area contributed by atoms with Gasteiger partial charge in [-0.2, -0.15) is 13.2 Å². The molecule has 1 unspecified atom stereocenters. The Kier molecular flexibility index (Phi) is 10.9. The molecule has 2 heterocycles. The Morgan fingerprint density at radius 2 is 1.83 bits per heavy atom. The lowest BCUT2D eigenvalue weighted by molar-refractivity contribution is -0.192. The lowest BCUT2D eigenvalue weighted by Crippen LogP contribution is -2.35. The molecular weight excluding hydrogens is 593 g/mol. The average Bonchev–Trinajstić information content (AvgIpc) is 2.88. The highest BCUT2D eigenvalue weighted by Crippen LogP contribution is 2.28. The highest BCUT2D eigenvalue weighted by atomic mass is 35.5. The van der Waals surface area contributed by atoms with Gasteiger partial charge < -0.3 is 14.9 Å². The molecule has 8 nitrogen and oxygen atoms in total. The molecule has 1 aromatic heterocycles. The van der Waals surface area contributed by atoms with Crippen LogP contribution >= 0.6 is 23.2 Å². The van der Waals surface area contributed by atoms with Crippen molar-refractivity contribution < 1.29 is 42.1 Å². The minimum atomic E-state index is -5.08. The first-order valence-corrected chi connectivity index (χ1v) is 12.9. The van der Waals surface area contributed by atoms with E-state index < -0.39 is 23.9 Å². The second kappa shape index (κ2) is 13.9. The fraction of sp³-hybridized carbons (Fsp3) is 0.333. The molecule has 14 heteroatoms. The van der Waals surface area contributed by atoms with Gasteiger partial charge in [0, 0.05) is 50.3 Å². The SMILES string of the molecule is CC(CC(=O)O)CN1CCc2nc(-c3ccc(OCc4ccc(Cl)c(Cl)c4)cc3F)ncc2C1.O=C(O)C(F)(F)F. The van der Waals surface area contributed by atoms with Crippen LogP contribution in [0.25, 0.3) is 11.4 Å². The summed E-state index contributed by atoms with van der Waals surface area (Å²) in [5, 5.41) is 17.0. The van der Waals surface area contributed by atoms with Gasteiger partial charge in [-0.3, -0.25) is 9.69 Å². The van der Waals surface area contributed by atoms with E-state index in [4.69, 9.17) is 42.9 Å². The first-order chi connectivity index (χ1) is 19.2. The summed E-state index contributed by atoms with van der Waals surface area (Å²) in [4.78, 5) is 31.0. The third kappa shape index (κ3) is 9.55. The van der Waals surface area contributed by atoms with Gasteiger partial charge in [-0.05, 0) is 35.7 Å². The Hall–Kier alpha value is -3.48. The molecule has 0 bridgehead atoms. The van der Waals surface area contributed by atoms with Crippen molar-refractivity contribution in [1.82, 2.24) is 14.9 Å². The number of nitrogens with zero attached hydrogens (tertiary/aromatic N) is 3. The van der Waals surface area contributed by atoms with E-state index in [2.05, 4.69) is 14.9 Å². The standard InChI is InChI=1S/C25H24Cl2FN3O3.C2HF3O2/c1-15(8-24(32)33)12-31-7-6-23-17(13-31)11-29-25(30-23)19-4-3-18(10-22(19)28)34-14-16-2-5-20(26)21(27)9-16;3-2(4,5)1(6)7/h2-5,9-11,15H,6-8,12-14H2,1H3,(H,32,33);(H,6,7). The molecule has 2 N–H and O–H groups in total. The lowest BCUT2D eigenvalue weighted by Gasteiger charge is -2.29. The molecule has 1 aliphatic rings. The predicted molar refractivity (Wildman–Crippen MR) is 142 cm³/mol. The maximum atomic E-state index is 14.9. The van der Waals surface area contributed by atoms with Gasteiger partial charge in [0.05, 0.1) is 21.3 Å². The van der Waals surface area contributed by atoms with E-state index in [9.17, 15) is 22.4 Å². The van der Waals surface area contributed by atoms with Crippen LogP contribution in [0.1, 0.15) is 30.2 Å². The first-order valence-electron chi connectivity index (χ1n) is 12.2. The Bertz CT molecular complexity index is 1410. The molecule has 0 saturated carbocycles. The number of halogens is 6. The number of fused-ring (bicyclic) bond motifs is 1. The van der Waals surface area contributed by atoms with Crippen molar-refractivity contribution in [3.63, 3.8) is 0 Å². The third-order valence-electron chi connectivity index (χ3n) is 5.92. The van der Waals surface area contributed by atoms with E-state index in [0.717, 1.165) is 23.4 Å². The molecule has 0 saturated heterocycles. The largest absolute Gasteiger partial charge is 0.490 e. The molecule has 1 aliphatic heterocycles. The summed E-state index contributed by atoms with van der Waals surface area (Å²) in [6, 6.07) is 9.82. The van der Waals surface area contributed by atoms with Crippen LogP contribution in [0.4, 0.5) is 17.6 Å². The van der Waals surface area contributed by atoms with Gasteiger partial charge in [0.25, 0.3) is 0 Å². The number of aromatic nitrogens is 2. The van der Waals surface area contributed by atoms with Crippen molar-refractivity contribution in [3.05, 3.63) is 75.3 Å². The van der Waals surface area contributed by atoms with Crippen LogP contribution in [0.3, 0.4) is 0 Å². The van der Waals surface area contributed by atoms with Gasteiger partial charge >= 0.3 is 18.1 Å². The molecule has 0 radical (unpaired) electrons. The predicted octanol–water partition coefficient (Wildman–Crippen LogP) is 6.27. The molecule has 3 aromatic rings. The average molecular weight is 618 g/mol. The number of hydrogen-bond donors (Lipinski definition) is 2. The summed E-state index contributed by atoms with van der Waals surface area (Å²) in [6.07, 6.45) is -2.50. The number of rotatable bonds is 8. The summed E-state index contributed by atoms with van der Waals surface area (Å²) in [5.41, 5.74) is 3.01. The number of carboxylic acid groups (broad SMARTS) is 2. The van der Waals surface area contributed by atoms with Gasteiger partial charge in [0.15, 0.2) is 5.82 Å². The molecular formula is C27H25Cl2F4N3O5. The summed E-state index contributed by atoms with van der Waals surface area (Å²) >= 11 is 11.9. The minimum absolute atomic E-state index is 0.0609. The fourth-order valence-corrected chi connectivity index (χ4v) is 4.35. The lowest BCUT2D eigenvalue weighted by atomic mass is 10.0. The van der Waals surface area contributed by atoms with Crippen LogP contribution in [-0.4, -0.2) is 56.3 Å². The molecule has 2 aromatic carbocycles. The summed E-state index contributed by atoms with van der Waals surface area (Å²) in [6.45, 7) is 4.29. The number of aliphatic carboxylic acids is 2. The first kappa shape index (κ1) is 32.0. The molecule has 41 heavy (non-hydrogen) atoms. The number of benzene rings is 2. The van der Waals surface area contributed by atoms with Crippen molar-refractivity contribution in [2.24, 2.45) is 5.92 Å². The molecule has 1 atom stereocenters. The van der Waals surface area contributed by atoms with E-state index in [1.165, 1.54) is 6.07 Å². The zero-order chi connectivity index (χ0) is 30.3. The highest BCUT2D eigenvalue weighted by Gasteiger charge is 2.38. The molecule has 220 valence electrons. The number of hydrogen-bond acceptors (Lipinski definition) is 6. The van der Waals surface area contributed by atoms with E-state index >= 15 is 0 Å². The Labute approximate surface area is 242 Å². The van der Waals surface area contributed by atoms with Gasteiger partial charge in [0.2, 0.25) is 0 Å². The van der Waals surface area contributed by atoms with E-state index in [0.29, 0.717) is 46.7 Å². The molecule has 0 amide bonds. The highest BCUT2D eigenvalue weighted by molar-refractivity contribution is 6.42. The van der Waals surface area contributed by atoms with E-state index in [1.54, 1.807) is 36.5 Å². The number of alkyl halides is 3. The van der Waals surface area contributed by atoms with Gasteiger partial charge in [-0.1, -0.05) is 36.2 Å². The van der Waals surface area contributed by atoms with Crippen LogP contribution in [-0.2, 0) is 29.2 Å². The van der Waals surface area contributed by atoms with Crippen molar-refractivity contribution in [2.75, 3.05) is 13.1 Å². The second-order valence-corrected chi connectivity index (χ2v) is 10.1. The van der Waals surface area contributed by atoms with Crippen LogP contribution in [0.2, 0.25) is 10.0 Å². The third-order valence-corrected chi connectivity index (χ3v) is 6.66. The number of ether oxygens (including phenoxy) is 1. The van der Waals surface area contributed by atoms with Crippen molar-refractivity contribution in [1.29, 1.82) is 0 Å². The molecule has 0 fully saturated rings. The fourth-order valence-electron chi connectivity index (χ4n) is 4.03. The zero-order valence-corrected chi connectivity index (χ0v) is 23.1. The van der Waals surface area contributed by atoms with Gasteiger partial charge in [-0.15, -0.1) is 0 Å². The quantitative estimate of drug-likeness (QED) is 0.284. The van der Waals surface area contributed by atoms with Crippen molar-refractivity contribution in [3.8, 4) is 17.1 Å². The molecule has 4 rings (SSSR count). The van der Waals surface area contributed by atoms with Crippen LogP contribution in [0.15, 0.2) is 42.6 Å². The van der Waals surface area contributed by atoms with Crippen molar-refractivity contribution >= 4 is 35.1 Å². The number of carboxylic acids is 2. The van der Waals surface area contributed by atoms with Crippen LogP contribution in [0.5, 0.6) is 5.75 Å².